The van der Waals surface area contributed by atoms with Crippen molar-refractivity contribution >= 4 is 0 Å². The molecule has 0 aromatic carbocycles. The van der Waals surface area contributed by atoms with Crippen LogP contribution < -0.4 is 5.73 Å². The third-order valence-electron chi connectivity index (χ3n) is 2.52. The van der Waals surface area contributed by atoms with E-state index in [9.17, 15) is 0 Å². The summed E-state index contributed by atoms with van der Waals surface area (Å²) in [5.41, 5.74) is 5.47. The molecular weight excluding hydrogens is 180 g/mol. The normalized spacial score (nSPS) is 20.9. The molecule has 78 valence electrons. The van der Waals surface area contributed by atoms with Crippen LogP contribution in [0.5, 0.6) is 0 Å². The second-order valence-corrected chi connectivity index (χ2v) is 3.51. The topological polar surface area (TPSA) is 66.0 Å². The van der Waals surface area contributed by atoms with Crippen LogP contribution in [0.3, 0.4) is 0 Å². The van der Waals surface area contributed by atoms with Crippen molar-refractivity contribution in [1.29, 1.82) is 0 Å². The molecule has 5 nitrogen and oxygen atoms in total. The van der Waals surface area contributed by atoms with Gasteiger partial charge in [0.25, 0.3) is 0 Å². The van der Waals surface area contributed by atoms with Crippen molar-refractivity contribution in [3.05, 3.63) is 11.6 Å². The number of rotatable bonds is 3. The van der Waals surface area contributed by atoms with Gasteiger partial charge >= 0.3 is 0 Å². The van der Waals surface area contributed by atoms with Gasteiger partial charge in [0.2, 0.25) is 0 Å². The molecule has 0 bridgehead atoms. The number of nitrogens with two attached hydrogens (primary N) is 1. The maximum atomic E-state index is 5.47. The zero-order valence-electron chi connectivity index (χ0n) is 8.44. The summed E-state index contributed by atoms with van der Waals surface area (Å²) in [6.07, 6.45) is 3.01. The van der Waals surface area contributed by atoms with Crippen LogP contribution in [0, 0.1) is 0 Å². The molecule has 1 aliphatic heterocycles. The molecule has 0 spiro atoms. The fourth-order valence-electron chi connectivity index (χ4n) is 1.82. The lowest BCUT2D eigenvalue weighted by atomic mass is 10.1. The number of nitrogens with zero attached hydrogens (tertiary/aromatic N) is 3. The Morgan fingerprint density at radius 1 is 1.64 bits per heavy atom. The molecular formula is C9H16N4O. The van der Waals surface area contributed by atoms with E-state index in [1.54, 1.807) is 7.11 Å². The number of hydrogen-bond acceptors (Lipinski definition) is 4. The van der Waals surface area contributed by atoms with Crippen LogP contribution in [-0.4, -0.2) is 28.4 Å². The number of aryl methyl sites for hydroxylation is 1. The Bertz CT molecular complexity index is 310. The smallest absolute Gasteiger partial charge is 0.156 e. The average molecular weight is 196 g/mol. The van der Waals surface area contributed by atoms with Crippen LogP contribution in [0.25, 0.3) is 0 Å². The summed E-state index contributed by atoms with van der Waals surface area (Å²) >= 11 is 0. The van der Waals surface area contributed by atoms with Crippen LogP contribution in [0.2, 0.25) is 0 Å². The van der Waals surface area contributed by atoms with E-state index in [1.165, 1.54) is 0 Å². The van der Waals surface area contributed by atoms with Gasteiger partial charge in [0.05, 0.1) is 0 Å². The third-order valence-corrected chi connectivity index (χ3v) is 2.52. The van der Waals surface area contributed by atoms with Crippen molar-refractivity contribution in [1.82, 2.24) is 14.8 Å². The second kappa shape index (κ2) is 4.06. The van der Waals surface area contributed by atoms with E-state index in [0.717, 1.165) is 37.5 Å². The van der Waals surface area contributed by atoms with Gasteiger partial charge < -0.3 is 10.5 Å². The van der Waals surface area contributed by atoms with Gasteiger partial charge in [0, 0.05) is 20.1 Å². The Hall–Kier alpha value is -0.940. The molecule has 1 aromatic heterocycles. The molecule has 1 aliphatic rings. The van der Waals surface area contributed by atoms with E-state index in [-0.39, 0.29) is 6.10 Å². The van der Waals surface area contributed by atoms with Crippen molar-refractivity contribution in [2.75, 3.05) is 13.7 Å². The lowest BCUT2D eigenvalue weighted by Gasteiger charge is -2.20. The Balaban J connectivity index is 2.24. The van der Waals surface area contributed by atoms with Gasteiger partial charge in [-0.05, 0) is 19.4 Å². The maximum absolute atomic E-state index is 5.47. The number of methoxy groups -OCH3 is 1. The van der Waals surface area contributed by atoms with Crippen LogP contribution in [-0.2, 0) is 17.7 Å². The van der Waals surface area contributed by atoms with Gasteiger partial charge in [-0.25, -0.2) is 9.67 Å². The molecule has 1 unspecified atom stereocenters. The highest BCUT2D eigenvalue weighted by Crippen LogP contribution is 2.25. The van der Waals surface area contributed by atoms with Gasteiger partial charge in [-0.1, -0.05) is 0 Å². The van der Waals surface area contributed by atoms with Gasteiger partial charge in [-0.2, -0.15) is 5.10 Å². The Labute approximate surface area is 83.3 Å². The van der Waals surface area contributed by atoms with Crippen molar-refractivity contribution in [2.45, 2.75) is 31.9 Å². The largest absolute Gasteiger partial charge is 0.373 e. The fourth-order valence-corrected chi connectivity index (χ4v) is 1.82. The first kappa shape index (κ1) is 9.61. The third kappa shape index (κ3) is 1.65. The van der Waals surface area contributed by atoms with Crippen LogP contribution in [0.1, 0.15) is 30.6 Å². The predicted octanol–water partition coefficient (Wildman–Crippen LogP) is 0.261. The van der Waals surface area contributed by atoms with Crippen molar-refractivity contribution in [3.63, 3.8) is 0 Å². The van der Waals surface area contributed by atoms with E-state index in [0.29, 0.717) is 6.54 Å². The van der Waals surface area contributed by atoms with Crippen LogP contribution in [0.4, 0.5) is 0 Å². The van der Waals surface area contributed by atoms with Crippen molar-refractivity contribution in [3.8, 4) is 0 Å². The average Bonchev–Trinajstić information content (AvgIpc) is 2.60. The van der Waals surface area contributed by atoms with E-state index in [1.807, 2.05) is 4.68 Å². The minimum Gasteiger partial charge on any atom is -0.373 e. The molecule has 1 atom stereocenters. The van der Waals surface area contributed by atoms with Gasteiger partial charge in [0.1, 0.15) is 6.10 Å². The van der Waals surface area contributed by atoms with Crippen molar-refractivity contribution in [2.24, 2.45) is 5.73 Å². The molecule has 2 N–H and O–H groups in total. The van der Waals surface area contributed by atoms with Gasteiger partial charge in [0.15, 0.2) is 11.6 Å². The molecule has 0 amide bonds. The number of aromatic nitrogens is 3. The van der Waals surface area contributed by atoms with E-state index < -0.39 is 0 Å². The quantitative estimate of drug-likeness (QED) is 0.753. The molecule has 2 rings (SSSR count). The Kier molecular flexibility index (Phi) is 2.79. The second-order valence-electron chi connectivity index (χ2n) is 3.51. The standard InChI is InChI=1S/C9H16N4O/c1-14-7-3-2-6-13-9(7)11-8(12-13)4-5-10/h7H,2-6,10H2,1H3. The predicted molar refractivity (Wildman–Crippen MR) is 51.8 cm³/mol. The van der Waals surface area contributed by atoms with Crippen LogP contribution >= 0.6 is 0 Å². The zero-order chi connectivity index (χ0) is 9.97. The lowest BCUT2D eigenvalue weighted by Crippen LogP contribution is -2.18. The summed E-state index contributed by atoms with van der Waals surface area (Å²) in [5.74, 6) is 1.80. The number of ether oxygens (including phenoxy) is 1. The summed E-state index contributed by atoms with van der Waals surface area (Å²) in [6, 6.07) is 0. The number of hydrogen-bond donors (Lipinski definition) is 1. The molecule has 0 fully saturated rings. The summed E-state index contributed by atoms with van der Waals surface area (Å²) in [4.78, 5) is 4.44. The highest BCUT2D eigenvalue weighted by molar-refractivity contribution is 5.00. The lowest BCUT2D eigenvalue weighted by molar-refractivity contribution is 0.0697. The monoisotopic (exact) mass is 196 g/mol. The first-order valence-corrected chi connectivity index (χ1v) is 5.01. The Morgan fingerprint density at radius 3 is 3.21 bits per heavy atom. The first-order valence-electron chi connectivity index (χ1n) is 5.01. The molecule has 0 radical (unpaired) electrons. The first-order chi connectivity index (χ1) is 6.85. The molecule has 2 heterocycles. The molecule has 0 saturated carbocycles. The Morgan fingerprint density at radius 2 is 2.50 bits per heavy atom. The molecule has 0 saturated heterocycles. The van der Waals surface area contributed by atoms with Gasteiger partial charge in [-0.15, -0.1) is 0 Å². The molecule has 0 aliphatic carbocycles. The van der Waals surface area contributed by atoms with Gasteiger partial charge in [-0.3, -0.25) is 0 Å². The fraction of sp³-hybridized carbons (Fsp3) is 0.778. The zero-order valence-corrected chi connectivity index (χ0v) is 8.44. The summed E-state index contributed by atoms with van der Waals surface area (Å²) < 4.78 is 7.30. The summed E-state index contributed by atoms with van der Waals surface area (Å²) in [6.45, 7) is 1.55. The molecule has 1 aromatic rings. The molecule has 5 heteroatoms. The number of fused-ring (bicyclic) bond motifs is 1. The highest BCUT2D eigenvalue weighted by Gasteiger charge is 2.23. The SMILES string of the molecule is COC1CCCn2nc(CCN)nc21. The van der Waals surface area contributed by atoms with E-state index >= 15 is 0 Å². The van der Waals surface area contributed by atoms with Crippen molar-refractivity contribution < 1.29 is 4.74 Å². The van der Waals surface area contributed by atoms with E-state index in [2.05, 4.69) is 10.1 Å². The summed E-state index contributed by atoms with van der Waals surface area (Å²) in [5, 5.41) is 4.38. The maximum Gasteiger partial charge on any atom is 0.156 e. The highest BCUT2D eigenvalue weighted by atomic mass is 16.5. The van der Waals surface area contributed by atoms with Crippen LogP contribution in [0.15, 0.2) is 0 Å². The molecule has 14 heavy (non-hydrogen) atoms. The van der Waals surface area contributed by atoms with E-state index in [4.69, 9.17) is 10.5 Å². The minimum atomic E-state index is 0.114. The minimum absolute atomic E-state index is 0.114. The summed E-state index contributed by atoms with van der Waals surface area (Å²) in [7, 11) is 1.72.